The molecule has 0 spiro atoms. The highest BCUT2D eigenvalue weighted by molar-refractivity contribution is 5.96. The minimum absolute atomic E-state index is 0.00971. The third-order valence-electron chi connectivity index (χ3n) is 10.5. The van der Waals surface area contributed by atoms with E-state index in [1.165, 1.54) is 0 Å². The lowest BCUT2D eigenvalue weighted by Gasteiger charge is -2.57. The molecule has 4 aliphatic rings. The third kappa shape index (κ3) is 3.85. The molecule has 1 aromatic carbocycles. The van der Waals surface area contributed by atoms with Gasteiger partial charge in [-0.15, -0.1) is 0 Å². The van der Waals surface area contributed by atoms with Crippen molar-refractivity contribution in [3.05, 3.63) is 47.5 Å². The Morgan fingerprint density at radius 3 is 2.43 bits per heavy atom. The molecular formula is C30H36O7. The van der Waals surface area contributed by atoms with Gasteiger partial charge in [-0.3, -0.25) is 19.2 Å². The molecular weight excluding hydrogens is 472 g/mol. The average Bonchev–Trinajstić information content (AvgIpc) is 3.13. The van der Waals surface area contributed by atoms with E-state index < -0.39 is 41.2 Å². The van der Waals surface area contributed by atoms with Gasteiger partial charge in [-0.2, -0.15) is 0 Å². The number of benzene rings is 1. The van der Waals surface area contributed by atoms with Crippen LogP contribution in [0.1, 0.15) is 76.7 Å². The number of fused-ring (bicyclic) bond motifs is 5. The van der Waals surface area contributed by atoms with Crippen LogP contribution in [-0.4, -0.2) is 50.3 Å². The summed E-state index contributed by atoms with van der Waals surface area (Å²) in [4.78, 5) is 51.4. The van der Waals surface area contributed by atoms with Crippen LogP contribution >= 0.6 is 0 Å². The molecule has 0 radical (unpaired) electrons. The Labute approximate surface area is 217 Å². The second kappa shape index (κ2) is 8.98. The van der Waals surface area contributed by atoms with Gasteiger partial charge in [-0.05, 0) is 61.0 Å². The van der Waals surface area contributed by atoms with Crippen molar-refractivity contribution < 1.29 is 34.5 Å². The first-order valence-electron chi connectivity index (χ1n) is 13.4. The molecule has 4 aliphatic carbocycles. The summed E-state index contributed by atoms with van der Waals surface area (Å²) in [5, 5.41) is 32.7. The number of aliphatic hydroxyl groups excluding tert-OH is 1. The van der Waals surface area contributed by atoms with Crippen LogP contribution < -0.4 is 0 Å². The molecule has 0 bridgehead atoms. The number of allylic oxidation sites excluding steroid dienone is 1. The summed E-state index contributed by atoms with van der Waals surface area (Å²) < 4.78 is 0. The van der Waals surface area contributed by atoms with Gasteiger partial charge in [0.2, 0.25) is 0 Å². The molecule has 0 aromatic heterocycles. The molecule has 0 saturated heterocycles. The predicted molar refractivity (Wildman–Crippen MR) is 134 cm³/mol. The molecule has 7 nitrogen and oxygen atoms in total. The zero-order valence-corrected chi connectivity index (χ0v) is 21.5. The van der Waals surface area contributed by atoms with Crippen molar-refractivity contribution in [1.82, 2.24) is 0 Å². The first-order chi connectivity index (χ1) is 17.4. The Hall–Kier alpha value is -2.64. The molecule has 5 rings (SSSR count). The summed E-state index contributed by atoms with van der Waals surface area (Å²) >= 11 is 0. The Kier molecular flexibility index (Phi) is 6.31. The fourth-order valence-electron chi connectivity index (χ4n) is 8.52. The minimum Gasteiger partial charge on any atom is -0.481 e. The van der Waals surface area contributed by atoms with Gasteiger partial charge in [-0.25, -0.2) is 0 Å². The first-order valence-corrected chi connectivity index (χ1v) is 13.4. The van der Waals surface area contributed by atoms with Crippen molar-refractivity contribution in [3.63, 3.8) is 0 Å². The Morgan fingerprint density at radius 1 is 1.05 bits per heavy atom. The molecule has 7 heteroatoms. The quantitative estimate of drug-likeness (QED) is 0.535. The maximum atomic E-state index is 13.9. The first kappa shape index (κ1) is 26.0. The Bertz CT molecular complexity index is 1170. The van der Waals surface area contributed by atoms with E-state index in [0.29, 0.717) is 24.8 Å². The summed E-state index contributed by atoms with van der Waals surface area (Å²) in [5.41, 5.74) is -1.78. The molecule has 3 fully saturated rings. The van der Waals surface area contributed by atoms with Crippen LogP contribution in [0.5, 0.6) is 0 Å². The van der Waals surface area contributed by atoms with Crippen LogP contribution in [0, 0.1) is 28.6 Å². The van der Waals surface area contributed by atoms with Gasteiger partial charge in [0, 0.05) is 30.1 Å². The number of hydrogen-bond acceptors (Lipinski definition) is 6. The minimum atomic E-state index is -1.93. The van der Waals surface area contributed by atoms with E-state index in [1.807, 2.05) is 0 Å². The highest BCUT2D eigenvalue weighted by atomic mass is 16.4. The summed E-state index contributed by atoms with van der Waals surface area (Å²) in [6.45, 7) is 3.89. The second-order valence-electron chi connectivity index (χ2n) is 12.2. The summed E-state index contributed by atoms with van der Waals surface area (Å²) in [6, 6.07) is 8.54. The fourth-order valence-corrected chi connectivity index (χ4v) is 8.52. The zero-order valence-electron chi connectivity index (χ0n) is 21.5. The standard InChI is InChI=1S/C30H36O7/c1-28-12-10-19(31)14-18(28)8-9-20-22-11-13-30(37,29(22,2)16-23(32)25(20)28)27(36)26(35)21(15-24(33)34)17-6-4-3-5-7-17/h3-7,14,20-22,25-26,35,37H,8-13,15-16H2,1-2H3,(H,33,34)/t20-,21?,22-,25+,26?,28-,29-,30-/m0/s1. The van der Waals surface area contributed by atoms with Gasteiger partial charge in [-0.1, -0.05) is 49.8 Å². The molecule has 198 valence electrons. The molecule has 8 atom stereocenters. The van der Waals surface area contributed by atoms with E-state index in [2.05, 4.69) is 6.92 Å². The van der Waals surface area contributed by atoms with Crippen LogP contribution in [0.3, 0.4) is 0 Å². The number of aliphatic hydroxyl groups is 2. The molecule has 2 unspecified atom stereocenters. The number of carbonyl (C=O) groups is 4. The second-order valence-corrected chi connectivity index (χ2v) is 12.2. The maximum Gasteiger partial charge on any atom is 0.304 e. The van der Waals surface area contributed by atoms with Crippen molar-refractivity contribution in [2.45, 2.75) is 82.8 Å². The van der Waals surface area contributed by atoms with E-state index in [9.17, 15) is 34.5 Å². The lowest BCUT2D eigenvalue weighted by molar-refractivity contribution is -0.175. The highest BCUT2D eigenvalue weighted by Gasteiger charge is 2.69. The van der Waals surface area contributed by atoms with Crippen LogP contribution in [0.2, 0.25) is 0 Å². The zero-order chi connectivity index (χ0) is 26.8. The van der Waals surface area contributed by atoms with E-state index >= 15 is 0 Å². The van der Waals surface area contributed by atoms with Gasteiger partial charge in [0.05, 0.1) is 6.42 Å². The number of carbonyl (C=O) groups excluding carboxylic acids is 3. The number of ketones is 3. The lowest BCUT2D eigenvalue weighted by Crippen LogP contribution is -2.62. The molecule has 3 saturated carbocycles. The number of Topliss-reactive ketones (excluding diaryl/α,β-unsaturated/α-hetero) is 2. The number of rotatable bonds is 6. The number of aliphatic carboxylic acids is 1. The van der Waals surface area contributed by atoms with Crippen molar-refractivity contribution in [1.29, 1.82) is 0 Å². The normalized spacial score (nSPS) is 38.6. The highest BCUT2D eigenvalue weighted by Crippen LogP contribution is 2.66. The van der Waals surface area contributed by atoms with Gasteiger partial charge >= 0.3 is 5.97 Å². The average molecular weight is 509 g/mol. The van der Waals surface area contributed by atoms with Crippen LogP contribution in [0.15, 0.2) is 42.0 Å². The molecule has 37 heavy (non-hydrogen) atoms. The van der Waals surface area contributed by atoms with E-state index in [1.54, 1.807) is 43.3 Å². The monoisotopic (exact) mass is 508 g/mol. The predicted octanol–water partition coefficient (Wildman–Crippen LogP) is 3.62. The van der Waals surface area contributed by atoms with Crippen molar-refractivity contribution in [2.24, 2.45) is 28.6 Å². The fraction of sp³-hybridized carbons (Fsp3) is 0.600. The maximum absolute atomic E-state index is 13.9. The van der Waals surface area contributed by atoms with Gasteiger partial charge < -0.3 is 15.3 Å². The van der Waals surface area contributed by atoms with E-state index in [4.69, 9.17) is 0 Å². The van der Waals surface area contributed by atoms with Crippen LogP contribution in [0.25, 0.3) is 0 Å². The Morgan fingerprint density at radius 2 is 1.76 bits per heavy atom. The lowest BCUT2D eigenvalue weighted by atomic mass is 9.45. The molecule has 3 N–H and O–H groups in total. The SMILES string of the molecule is C[C@]12CCC(=O)C=C1CC[C@@H]1[C@@H]2C(=O)C[C@@]2(C)[C@H]1CC[C@]2(O)C(=O)C(O)C(CC(=O)O)c1ccccc1. The topological polar surface area (TPSA) is 129 Å². The van der Waals surface area contributed by atoms with Gasteiger partial charge in [0.25, 0.3) is 0 Å². The molecule has 0 heterocycles. The van der Waals surface area contributed by atoms with Crippen LogP contribution in [0.4, 0.5) is 0 Å². The van der Waals surface area contributed by atoms with Gasteiger partial charge in [0.15, 0.2) is 11.6 Å². The number of carboxylic acids is 1. The van der Waals surface area contributed by atoms with Crippen molar-refractivity contribution in [3.8, 4) is 0 Å². The Balaban J connectivity index is 1.47. The molecule has 0 amide bonds. The number of carboxylic acid groups (broad SMARTS) is 1. The smallest absolute Gasteiger partial charge is 0.304 e. The third-order valence-corrected chi connectivity index (χ3v) is 10.5. The molecule has 0 aliphatic heterocycles. The largest absolute Gasteiger partial charge is 0.481 e. The summed E-state index contributed by atoms with van der Waals surface area (Å²) in [7, 11) is 0. The van der Waals surface area contributed by atoms with Crippen molar-refractivity contribution >= 4 is 23.3 Å². The summed E-state index contributed by atoms with van der Waals surface area (Å²) in [6.07, 6.45) is 2.81. The number of hydrogen-bond donors (Lipinski definition) is 3. The van der Waals surface area contributed by atoms with Gasteiger partial charge in [0.1, 0.15) is 17.5 Å². The van der Waals surface area contributed by atoms with Crippen molar-refractivity contribution in [2.75, 3.05) is 0 Å². The van der Waals surface area contributed by atoms with E-state index in [-0.39, 0.29) is 47.6 Å². The van der Waals surface area contributed by atoms with Crippen LogP contribution in [-0.2, 0) is 19.2 Å². The molecule has 1 aromatic rings. The van der Waals surface area contributed by atoms with E-state index in [0.717, 1.165) is 18.4 Å². The summed E-state index contributed by atoms with van der Waals surface area (Å²) in [5.74, 6) is -3.15.